The van der Waals surface area contributed by atoms with Crippen LogP contribution in [0.3, 0.4) is 0 Å². The topological polar surface area (TPSA) is 3.24 Å². The zero-order valence-corrected chi connectivity index (χ0v) is 12.4. The molecule has 0 spiro atoms. The molecule has 3 rings (SSSR count). The van der Waals surface area contributed by atoms with Gasteiger partial charge in [0, 0.05) is 0 Å². The van der Waals surface area contributed by atoms with Crippen molar-refractivity contribution in [1.29, 1.82) is 0 Å². The van der Waals surface area contributed by atoms with Crippen LogP contribution < -0.4 is 0 Å². The van der Waals surface area contributed by atoms with Crippen molar-refractivity contribution in [3.63, 3.8) is 0 Å². The summed E-state index contributed by atoms with van der Waals surface area (Å²) in [4.78, 5) is 2.66. The van der Waals surface area contributed by atoms with Crippen LogP contribution in [0.25, 0.3) is 10.8 Å². The van der Waals surface area contributed by atoms with Gasteiger partial charge in [-0.25, -0.2) is 0 Å². The lowest BCUT2D eigenvalue weighted by molar-refractivity contribution is 0.281. The summed E-state index contributed by atoms with van der Waals surface area (Å²) in [6.07, 6.45) is 8.16. The lowest BCUT2D eigenvalue weighted by Crippen LogP contribution is -2.26. The van der Waals surface area contributed by atoms with Crippen molar-refractivity contribution in [2.45, 2.75) is 38.5 Å². The van der Waals surface area contributed by atoms with E-state index in [-0.39, 0.29) is 0 Å². The number of benzene rings is 2. The van der Waals surface area contributed by atoms with Gasteiger partial charge in [-0.15, -0.1) is 0 Å². The molecule has 0 saturated carbocycles. The fourth-order valence-corrected chi connectivity index (χ4v) is 3.26. The molecule has 1 heterocycles. The zero-order chi connectivity index (χ0) is 13.6. The Hall–Kier alpha value is -1.34. The second kappa shape index (κ2) is 6.90. The molecule has 1 aliphatic heterocycles. The van der Waals surface area contributed by atoms with E-state index in [0.29, 0.717) is 0 Å². The van der Waals surface area contributed by atoms with Crippen LogP contribution in [-0.2, 0) is 6.42 Å². The fourth-order valence-electron chi connectivity index (χ4n) is 3.26. The number of hydrogen-bond acceptors (Lipinski definition) is 1. The Morgan fingerprint density at radius 3 is 2.35 bits per heavy atom. The van der Waals surface area contributed by atoms with E-state index in [9.17, 15) is 0 Å². The smallest absolute Gasteiger partial charge is 0.00156 e. The Kier molecular flexibility index (Phi) is 4.70. The minimum absolute atomic E-state index is 1.21. The molecule has 0 amide bonds. The Balaban J connectivity index is 1.54. The first-order chi connectivity index (χ1) is 9.92. The van der Waals surface area contributed by atoms with Crippen molar-refractivity contribution in [1.82, 2.24) is 4.90 Å². The molecule has 0 unspecified atom stereocenters. The number of hydrogen-bond donors (Lipinski definition) is 0. The average Bonchev–Trinajstić information content (AvgIpc) is 2.76. The normalized spacial score (nSPS) is 17.2. The molecule has 0 atom stereocenters. The number of rotatable bonds is 4. The van der Waals surface area contributed by atoms with Crippen molar-refractivity contribution >= 4 is 10.8 Å². The first-order valence-electron chi connectivity index (χ1n) is 8.12. The van der Waals surface area contributed by atoms with E-state index in [1.165, 1.54) is 74.5 Å². The van der Waals surface area contributed by atoms with E-state index in [1.54, 1.807) is 0 Å². The molecule has 1 fully saturated rings. The third-order valence-corrected chi connectivity index (χ3v) is 4.45. The van der Waals surface area contributed by atoms with Gasteiger partial charge >= 0.3 is 0 Å². The van der Waals surface area contributed by atoms with Crippen molar-refractivity contribution in [3.05, 3.63) is 48.0 Å². The van der Waals surface area contributed by atoms with Crippen LogP contribution in [-0.4, -0.2) is 24.5 Å². The minimum Gasteiger partial charge on any atom is -0.303 e. The summed E-state index contributed by atoms with van der Waals surface area (Å²) in [5, 5.41) is 2.73. The van der Waals surface area contributed by atoms with Gasteiger partial charge in [-0.2, -0.15) is 0 Å². The van der Waals surface area contributed by atoms with Crippen LogP contribution in [0.4, 0.5) is 0 Å². The molecule has 0 aromatic heterocycles. The van der Waals surface area contributed by atoms with Gasteiger partial charge in [-0.05, 0) is 61.7 Å². The Bertz CT molecular complexity index is 538. The van der Waals surface area contributed by atoms with Crippen molar-refractivity contribution in [3.8, 4) is 0 Å². The van der Waals surface area contributed by atoms with E-state index >= 15 is 0 Å². The van der Waals surface area contributed by atoms with Crippen molar-refractivity contribution < 1.29 is 0 Å². The van der Waals surface area contributed by atoms with E-state index < -0.39 is 0 Å². The highest BCUT2D eigenvalue weighted by molar-refractivity contribution is 5.82. The number of fused-ring (bicyclic) bond motifs is 1. The maximum atomic E-state index is 2.66. The van der Waals surface area contributed by atoms with Crippen LogP contribution in [0.2, 0.25) is 0 Å². The first-order valence-corrected chi connectivity index (χ1v) is 8.12. The Labute approximate surface area is 122 Å². The summed E-state index contributed by atoms with van der Waals surface area (Å²) >= 11 is 0. The highest BCUT2D eigenvalue weighted by Crippen LogP contribution is 2.17. The predicted molar refractivity (Wildman–Crippen MR) is 87.2 cm³/mol. The Morgan fingerprint density at radius 2 is 1.55 bits per heavy atom. The van der Waals surface area contributed by atoms with Gasteiger partial charge in [-0.3, -0.25) is 0 Å². The molecule has 0 N–H and O–H groups in total. The van der Waals surface area contributed by atoms with Crippen LogP contribution in [0.1, 0.15) is 37.7 Å². The monoisotopic (exact) mass is 267 g/mol. The van der Waals surface area contributed by atoms with Gasteiger partial charge in [0.05, 0.1) is 0 Å². The van der Waals surface area contributed by atoms with Crippen LogP contribution >= 0.6 is 0 Å². The van der Waals surface area contributed by atoms with E-state index in [2.05, 4.69) is 47.4 Å². The van der Waals surface area contributed by atoms with Crippen LogP contribution in [0.15, 0.2) is 42.5 Å². The molecule has 1 nitrogen and oxygen atoms in total. The molecule has 20 heavy (non-hydrogen) atoms. The van der Waals surface area contributed by atoms with Crippen molar-refractivity contribution in [2.24, 2.45) is 0 Å². The summed E-state index contributed by atoms with van der Waals surface area (Å²) in [5.74, 6) is 0. The molecule has 2 aromatic rings. The van der Waals surface area contributed by atoms with Gasteiger partial charge in [0.15, 0.2) is 0 Å². The summed E-state index contributed by atoms with van der Waals surface area (Å²) in [5.41, 5.74) is 1.48. The highest BCUT2D eigenvalue weighted by atomic mass is 15.1. The molecule has 0 aliphatic carbocycles. The first kappa shape index (κ1) is 13.6. The van der Waals surface area contributed by atoms with Gasteiger partial charge in [0.1, 0.15) is 0 Å². The summed E-state index contributed by atoms with van der Waals surface area (Å²) < 4.78 is 0. The van der Waals surface area contributed by atoms with Crippen LogP contribution in [0.5, 0.6) is 0 Å². The minimum atomic E-state index is 1.21. The number of likely N-dealkylation sites (tertiary alicyclic amines) is 1. The quantitative estimate of drug-likeness (QED) is 0.779. The van der Waals surface area contributed by atoms with Crippen LogP contribution in [0, 0.1) is 0 Å². The molecule has 106 valence electrons. The molecule has 1 aliphatic rings. The lowest BCUT2D eigenvalue weighted by Gasteiger charge is -2.19. The van der Waals surface area contributed by atoms with E-state index in [4.69, 9.17) is 0 Å². The molecule has 1 saturated heterocycles. The zero-order valence-electron chi connectivity index (χ0n) is 12.4. The standard InChI is InChI=1S/C19H25N/c1-2-6-14-20(13-5-1)15-7-8-17-11-12-18-9-3-4-10-19(18)16-17/h3-4,9-12,16H,1-2,5-8,13-15H2. The molecular weight excluding hydrogens is 242 g/mol. The predicted octanol–water partition coefficient (Wildman–Crippen LogP) is 4.65. The SMILES string of the molecule is c1ccc2cc(CCCN3CCCCCC3)ccc2c1. The molecule has 1 heteroatoms. The second-order valence-corrected chi connectivity index (χ2v) is 6.04. The second-order valence-electron chi connectivity index (χ2n) is 6.04. The van der Waals surface area contributed by atoms with Gasteiger partial charge in [0.2, 0.25) is 0 Å². The fraction of sp³-hybridized carbons (Fsp3) is 0.474. The van der Waals surface area contributed by atoms with E-state index in [0.717, 1.165) is 0 Å². The molecule has 0 radical (unpaired) electrons. The van der Waals surface area contributed by atoms with E-state index in [1.807, 2.05) is 0 Å². The van der Waals surface area contributed by atoms with Gasteiger partial charge in [0.25, 0.3) is 0 Å². The number of nitrogens with zero attached hydrogens (tertiary/aromatic N) is 1. The third kappa shape index (κ3) is 3.61. The summed E-state index contributed by atoms with van der Waals surface area (Å²) in [7, 11) is 0. The molecular formula is C19H25N. The Morgan fingerprint density at radius 1 is 0.800 bits per heavy atom. The maximum Gasteiger partial charge on any atom is -0.00156 e. The average molecular weight is 267 g/mol. The van der Waals surface area contributed by atoms with Gasteiger partial charge < -0.3 is 4.90 Å². The molecule has 2 aromatic carbocycles. The molecule has 0 bridgehead atoms. The summed E-state index contributed by atoms with van der Waals surface area (Å²) in [6.45, 7) is 3.91. The largest absolute Gasteiger partial charge is 0.303 e. The summed E-state index contributed by atoms with van der Waals surface area (Å²) in [6, 6.07) is 15.6. The third-order valence-electron chi connectivity index (χ3n) is 4.45. The van der Waals surface area contributed by atoms with Crippen molar-refractivity contribution in [2.75, 3.05) is 19.6 Å². The number of aryl methyl sites for hydroxylation is 1. The highest BCUT2D eigenvalue weighted by Gasteiger charge is 2.08. The maximum absolute atomic E-state index is 2.66. The lowest BCUT2D eigenvalue weighted by atomic mass is 10.0. The van der Waals surface area contributed by atoms with Gasteiger partial charge in [-0.1, -0.05) is 55.3 Å².